The number of hydrogen-bond acceptors (Lipinski definition) is 2. The van der Waals surface area contributed by atoms with Crippen molar-refractivity contribution in [2.75, 3.05) is 26.2 Å². The third kappa shape index (κ3) is 2.74. The lowest BCUT2D eigenvalue weighted by molar-refractivity contribution is 0.335. The molecule has 1 aliphatic rings. The summed E-state index contributed by atoms with van der Waals surface area (Å²) < 4.78 is 0. The highest BCUT2D eigenvalue weighted by molar-refractivity contribution is 5.79. The van der Waals surface area contributed by atoms with Crippen molar-refractivity contribution in [2.45, 2.75) is 19.4 Å². The van der Waals surface area contributed by atoms with Gasteiger partial charge in [-0.2, -0.15) is 0 Å². The summed E-state index contributed by atoms with van der Waals surface area (Å²) in [6.45, 7) is 5.81. The van der Waals surface area contributed by atoms with Crippen LogP contribution in [0.2, 0.25) is 0 Å². The highest BCUT2D eigenvalue weighted by Gasteiger charge is 2.09. The number of rotatable bonds is 5. The Kier molecular flexibility index (Phi) is 3.62. The summed E-state index contributed by atoms with van der Waals surface area (Å²) in [6, 6.07) is 8.74. The molecule has 1 aromatic carbocycles. The molecule has 1 saturated heterocycles. The fourth-order valence-electron chi connectivity index (χ4n) is 2.68. The van der Waals surface area contributed by atoms with Gasteiger partial charge in [0, 0.05) is 31.3 Å². The molecule has 3 heteroatoms. The van der Waals surface area contributed by atoms with Gasteiger partial charge in [-0.15, -0.1) is 0 Å². The quantitative estimate of drug-likeness (QED) is 0.790. The van der Waals surface area contributed by atoms with E-state index in [1.807, 2.05) is 6.20 Å². The molecule has 3 rings (SSSR count). The molecule has 0 spiro atoms. The molecule has 0 radical (unpaired) electrons. The van der Waals surface area contributed by atoms with Gasteiger partial charge in [0.05, 0.1) is 0 Å². The predicted molar refractivity (Wildman–Crippen MR) is 75.7 cm³/mol. The van der Waals surface area contributed by atoms with Crippen molar-refractivity contribution in [2.24, 2.45) is 0 Å². The van der Waals surface area contributed by atoms with Gasteiger partial charge in [-0.25, -0.2) is 0 Å². The summed E-state index contributed by atoms with van der Waals surface area (Å²) in [5.74, 6) is 0. The molecule has 0 aliphatic carbocycles. The van der Waals surface area contributed by atoms with Crippen molar-refractivity contribution in [1.29, 1.82) is 0 Å². The third-order valence-corrected chi connectivity index (χ3v) is 3.75. The van der Waals surface area contributed by atoms with Crippen molar-refractivity contribution in [3.8, 4) is 0 Å². The Hall–Kier alpha value is -1.32. The third-order valence-electron chi connectivity index (χ3n) is 3.75. The van der Waals surface area contributed by atoms with E-state index in [0.29, 0.717) is 0 Å². The van der Waals surface area contributed by atoms with Crippen LogP contribution in [0.1, 0.15) is 18.4 Å². The molecular formula is C15H21N3. The monoisotopic (exact) mass is 243 g/mol. The number of likely N-dealkylation sites (tertiary alicyclic amines) is 1. The van der Waals surface area contributed by atoms with Crippen LogP contribution in [0.3, 0.4) is 0 Å². The van der Waals surface area contributed by atoms with Crippen LogP contribution in [0.4, 0.5) is 0 Å². The van der Waals surface area contributed by atoms with Crippen molar-refractivity contribution in [1.82, 2.24) is 15.2 Å². The Bertz CT molecular complexity index is 497. The fourth-order valence-corrected chi connectivity index (χ4v) is 2.68. The van der Waals surface area contributed by atoms with Gasteiger partial charge in [-0.1, -0.05) is 12.1 Å². The van der Waals surface area contributed by atoms with E-state index in [2.05, 4.69) is 39.5 Å². The molecule has 0 bridgehead atoms. The number of aromatic nitrogens is 1. The topological polar surface area (TPSA) is 31.1 Å². The first kappa shape index (κ1) is 11.8. The lowest BCUT2D eigenvalue weighted by Gasteiger charge is -2.14. The van der Waals surface area contributed by atoms with Gasteiger partial charge in [0.1, 0.15) is 0 Å². The lowest BCUT2D eigenvalue weighted by atomic mass is 10.1. The summed E-state index contributed by atoms with van der Waals surface area (Å²) >= 11 is 0. The molecule has 0 saturated carbocycles. The highest BCUT2D eigenvalue weighted by Crippen LogP contribution is 2.13. The van der Waals surface area contributed by atoms with Crippen molar-refractivity contribution >= 4 is 10.9 Å². The second kappa shape index (κ2) is 5.55. The van der Waals surface area contributed by atoms with Gasteiger partial charge in [-0.05, 0) is 49.0 Å². The van der Waals surface area contributed by atoms with Gasteiger partial charge in [0.15, 0.2) is 0 Å². The van der Waals surface area contributed by atoms with E-state index in [1.54, 1.807) is 0 Å². The van der Waals surface area contributed by atoms with Crippen LogP contribution in [0.25, 0.3) is 10.9 Å². The second-order valence-electron chi connectivity index (χ2n) is 5.12. The summed E-state index contributed by atoms with van der Waals surface area (Å²) in [6.07, 6.45) is 4.75. The van der Waals surface area contributed by atoms with Crippen LogP contribution >= 0.6 is 0 Å². The van der Waals surface area contributed by atoms with Crippen LogP contribution in [-0.2, 0) is 6.54 Å². The average Bonchev–Trinajstić information content (AvgIpc) is 3.05. The van der Waals surface area contributed by atoms with E-state index < -0.39 is 0 Å². The van der Waals surface area contributed by atoms with Crippen LogP contribution in [0, 0.1) is 0 Å². The molecule has 1 aliphatic heterocycles. The van der Waals surface area contributed by atoms with E-state index in [1.165, 1.54) is 48.9 Å². The zero-order valence-corrected chi connectivity index (χ0v) is 10.8. The Balaban J connectivity index is 1.47. The first-order valence-electron chi connectivity index (χ1n) is 6.91. The van der Waals surface area contributed by atoms with Crippen molar-refractivity contribution < 1.29 is 0 Å². The van der Waals surface area contributed by atoms with Gasteiger partial charge in [0.2, 0.25) is 0 Å². The van der Waals surface area contributed by atoms with Crippen molar-refractivity contribution in [3.05, 3.63) is 36.0 Å². The number of aromatic amines is 1. The van der Waals surface area contributed by atoms with E-state index >= 15 is 0 Å². The maximum Gasteiger partial charge on any atom is 0.0457 e. The van der Waals surface area contributed by atoms with Crippen LogP contribution < -0.4 is 5.32 Å². The van der Waals surface area contributed by atoms with Gasteiger partial charge < -0.3 is 15.2 Å². The SMILES string of the molecule is c1cc2ccc(CNCCN3CCCC3)cc2[nH]1. The molecule has 2 N–H and O–H groups in total. The molecule has 0 unspecified atom stereocenters. The Morgan fingerprint density at radius 1 is 1.17 bits per heavy atom. The number of H-pyrrole nitrogens is 1. The van der Waals surface area contributed by atoms with Crippen LogP contribution in [-0.4, -0.2) is 36.1 Å². The van der Waals surface area contributed by atoms with E-state index in [9.17, 15) is 0 Å². The fraction of sp³-hybridized carbons (Fsp3) is 0.467. The second-order valence-corrected chi connectivity index (χ2v) is 5.12. The normalized spacial score (nSPS) is 16.7. The number of hydrogen-bond donors (Lipinski definition) is 2. The predicted octanol–water partition coefficient (Wildman–Crippen LogP) is 2.35. The highest BCUT2D eigenvalue weighted by atomic mass is 15.1. The number of nitrogens with one attached hydrogen (secondary N) is 2. The Morgan fingerprint density at radius 2 is 2.06 bits per heavy atom. The maximum absolute atomic E-state index is 3.53. The summed E-state index contributed by atoms with van der Waals surface area (Å²) in [4.78, 5) is 5.80. The molecule has 0 amide bonds. The molecule has 1 fully saturated rings. The van der Waals surface area contributed by atoms with E-state index in [-0.39, 0.29) is 0 Å². The minimum absolute atomic E-state index is 0.961. The number of nitrogens with zero attached hydrogens (tertiary/aromatic N) is 1. The minimum Gasteiger partial charge on any atom is -0.361 e. The van der Waals surface area contributed by atoms with Crippen molar-refractivity contribution in [3.63, 3.8) is 0 Å². The Labute approximate surface area is 108 Å². The van der Waals surface area contributed by atoms with Gasteiger partial charge in [0.25, 0.3) is 0 Å². The molecular weight excluding hydrogens is 222 g/mol. The summed E-state index contributed by atoms with van der Waals surface area (Å²) in [7, 11) is 0. The molecule has 2 heterocycles. The molecule has 2 aromatic rings. The largest absolute Gasteiger partial charge is 0.361 e. The maximum atomic E-state index is 3.53. The van der Waals surface area contributed by atoms with Crippen LogP contribution in [0.5, 0.6) is 0 Å². The lowest BCUT2D eigenvalue weighted by Crippen LogP contribution is -2.29. The summed E-state index contributed by atoms with van der Waals surface area (Å²) in [5.41, 5.74) is 2.58. The first-order valence-corrected chi connectivity index (χ1v) is 6.91. The minimum atomic E-state index is 0.961. The number of fused-ring (bicyclic) bond motifs is 1. The van der Waals surface area contributed by atoms with Gasteiger partial charge >= 0.3 is 0 Å². The molecule has 1 aromatic heterocycles. The zero-order valence-electron chi connectivity index (χ0n) is 10.8. The summed E-state index contributed by atoms with van der Waals surface area (Å²) in [5, 5.41) is 4.82. The molecule has 96 valence electrons. The molecule has 0 atom stereocenters. The molecule has 18 heavy (non-hydrogen) atoms. The number of benzene rings is 1. The van der Waals surface area contributed by atoms with Gasteiger partial charge in [-0.3, -0.25) is 0 Å². The van der Waals surface area contributed by atoms with Crippen LogP contribution in [0.15, 0.2) is 30.5 Å². The average molecular weight is 243 g/mol. The molecule has 3 nitrogen and oxygen atoms in total. The first-order chi connectivity index (χ1) is 8.92. The zero-order chi connectivity index (χ0) is 12.2. The van der Waals surface area contributed by atoms with E-state index in [0.717, 1.165) is 13.1 Å². The smallest absolute Gasteiger partial charge is 0.0457 e. The standard InChI is InChI=1S/C15H21N3/c1-2-9-18(8-1)10-7-16-12-13-3-4-14-5-6-17-15(14)11-13/h3-6,11,16-17H,1-2,7-10,12H2. The Morgan fingerprint density at radius 3 is 2.94 bits per heavy atom. The van der Waals surface area contributed by atoms with E-state index in [4.69, 9.17) is 0 Å².